The van der Waals surface area contributed by atoms with Crippen LogP contribution in [0, 0.1) is 18.8 Å². The van der Waals surface area contributed by atoms with E-state index in [1.165, 1.54) is 0 Å². The highest BCUT2D eigenvalue weighted by atomic mass is 16.5. The lowest BCUT2D eigenvalue weighted by Crippen LogP contribution is -2.36. The number of hydrogen-bond acceptors (Lipinski definition) is 3. The summed E-state index contributed by atoms with van der Waals surface area (Å²) in [5.74, 6) is 5.27. The van der Waals surface area contributed by atoms with Gasteiger partial charge in [-0.2, -0.15) is 0 Å². The second-order valence-corrected chi connectivity index (χ2v) is 4.27. The smallest absolute Gasteiger partial charge is 0.251 e. The van der Waals surface area contributed by atoms with E-state index in [-0.39, 0.29) is 18.6 Å². The van der Waals surface area contributed by atoms with Crippen molar-refractivity contribution >= 4 is 5.91 Å². The highest BCUT2D eigenvalue weighted by Crippen LogP contribution is 2.13. The third-order valence-corrected chi connectivity index (χ3v) is 2.67. The Hall–Kier alpha value is -1.83. The fourth-order valence-electron chi connectivity index (χ4n) is 1.75. The molecule has 0 saturated carbocycles. The summed E-state index contributed by atoms with van der Waals surface area (Å²) in [5, 5.41) is 11.6. The van der Waals surface area contributed by atoms with E-state index in [2.05, 4.69) is 17.2 Å². The van der Waals surface area contributed by atoms with Gasteiger partial charge in [0, 0.05) is 24.3 Å². The number of methoxy groups -OCH3 is 1. The second-order valence-electron chi connectivity index (χ2n) is 4.27. The van der Waals surface area contributed by atoms with E-state index in [0.29, 0.717) is 12.2 Å². The lowest BCUT2D eigenvalue weighted by molar-refractivity contribution is 0.0905. The van der Waals surface area contributed by atoms with Crippen LogP contribution in [-0.2, 0) is 4.74 Å². The number of benzene rings is 1. The van der Waals surface area contributed by atoms with E-state index < -0.39 is 0 Å². The topological polar surface area (TPSA) is 58.6 Å². The largest absolute Gasteiger partial charge is 0.384 e. The molecular formula is C15H19NO3. The molecule has 0 spiro atoms. The standard InChI is InChI=1S/C15H19NO3/c1-11(10-19-3)16-15(18)14-8-4-6-13(12(14)2)7-5-9-17/h4,6,8,11,17H,9-10H2,1-3H3,(H,16,18). The number of aliphatic hydroxyl groups excluding tert-OH is 1. The number of carbonyl (C=O) groups excluding carboxylic acids is 1. The molecule has 19 heavy (non-hydrogen) atoms. The molecule has 1 atom stereocenters. The minimum atomic E-state index is -0.194. The molecule has 0 aromatic heterocycles. The van der Waals surface area contributed by atoms with Crippen molar-refractivity contribution in [3.8, 4) is 11.8 Å². The summed E-state index contributed by atoms with van der Waals surface area (Å²) in [6.07, 6.45) is 0. The first kappa shape index (κ1) is 15.2. The minimum absolute atomic E-state index is 0.0518. The summed E-state index contributed by atoms with van der Waals surface area (Å²) >= 11 is 0. The first-order chi connectivity index (χ1) is 9.10. The summed E-state index contributed by atoms with van der Waals surface area (Å²) in [4.78, 5) is 12.1. The quantitative estimate of drug-likeness (QED) is 0.798. The van der Waals surface area contributed by atoms with Crippen molar-refractivity contribution in [3.05, 3.63) is 34.9 Å². The molecule has 4 heteroatoms. The van der Waals surface area contributed by atoms with Gasteiger partial charge in [-0.15, -0.1) is 0 Å². The number of hydrogen-bond donors (Lipinski definition) is 2. The lowest BCUT2D eigenvalue weighted by Gasteiger charge is -2.14. The molecule has 0 aliphatic carbocycles. The van der Waals surface area contributed by atoms with E-state index >= 15 is 0 Å². The van der Waals surface area contributed by atoms with Gasteiger partial charge in [0.25, 0.3) is 5.91 Å². The molecule has 0 aliphatic heterocycles. The maximum atomic E-state index is 12.1. The molecule has 0 radical (unpaired) electrons. The van der Waals surface area contributed by atoms with E-state index in [0.717, 1.165) is 11.1 Å². The highest BCUT2D eigenvalue weighted by molar-refractivity contribution is 5.96. The Morgan fingerprint density at radius 1 is 1.53 bits per heavy atom. The van der Waals surface area contributed by atoms with Crippen LogP contribution in [0.15, 0.2) is 18.2 Å². The van der Waals surface area contributed by atoms with Gasteiger partial charge in [-0.1, -0.05) is 17.9 Å². The molecule has 0 fully saturated rings. The zero-order valence-electron chi connectivity index (χ0n) is 11.5. The SMILES string of the molecule is COCC(C)NC(=O)c1cccc(C#CCO)c1C. The van der Waals surface area contributed by atoms with Crippen molar-refractivity contribution in [1.82, 2.24) is 5.32 Å². The van der Waals surface area contributed by atoms with Gasteiger partial charge < -0.3 is 15.2 Å². The Labute approximate surface area is 113 Å². The van der Waals surface area contributed by atoms with Crippen LogP contribution in [0.1, 0.15) is 28.4 Å². The molecule has 0 saturated heterocycles. The minimum Gasteiger partial charge on any atom is -0.384 e. The number of aliphatic hydroxyl groups is 1. The van der Waals surface area contributed by atoms with Crippen LogP contribution in [0.25, 0.3) is 0 Å². The number of carbonyl (C=O) groups is 1. The van der Waals surface area contributed by atoms with Crippen LogP contribution in [0.2, 0.25) is 0 Å². The van der Waals surface area contributed by atoms with Gasteiger partial charge >= 0.3 is 0 Å². The van der Waals surface area contributed by atoms with Gasteiger partial charge in [0.05, 0.1) is 6.61 Å². The highest BCUT2D eigenvalue weighted by Gasteiger charge is 2.13. The van der Waals surface area contributed by atoms with E-state index in [4.69, 9.17) is 9.84 Å². The van der Waals surface area contributed by atoms with Crippen LogP contribution in [0.5, 0.6) is 0 Å². The Bertz CT molecular complexity index is 500. The van der Waals surface area contributed by atoms with Gasteiger partial charge in [-0.05, 0) is 31.5 Å². The Morgan fingerprint density at radius 2 is 2.26 bits per heavy atom. The Morgan fingerprint density at radius 3 is 2.89 bits per heavy atom. The molecule has 1 aromatic carbocycles. The summed E-state index contributed by atoms with van der Waals surface area (Å²) in [6.45, 7) is 4.00. The maximum absolute atomic E-state index is 12.1. The average molecular weight is 261 g/mol. The summed E-state index contributed by atoms with van der Waals surface area (Å²) < 4.78 is 4.98. The first-order valence-electron chi connectivity index (χ1n) is 6.09. The van der Waals surface area contributed by atoms with E-state index in [1.54, 1.807) is 19.2 Å². The molecule has 0 aliphatic rings. The van der Waals surface area contributed by atoms with Crippen molar-refractivity contribution in [1.29, 1.82) is 0 Å². The monoisotopic (exact) mass is 261 g/mol. The normalized spacial score (nSPS) is 11.4. The van der Waals surface area contributed by atoms with Crippen LogP contribution in [0.4, 0.5) is 0 Å². The van der Waals surface area contributed by atoms with E-state index in [9.17, 15) is 4.79 Å². The predicted molar refractivity (Wildman–Crippen MR) is 73.9 cm³/mol. The average Bonchev–Trinajstić information content (AvgIpc) is 2.37. The van der Waals surface area contributed by atoms with Gasteiger partial charge in [0.1, 0.15) is 6.61 Å². The maximum Gasteiger partial charge on any atom is 0.251 e. The third-order valence-electron chi connectivity index (χ3n) is 2.67. The molecule has 102 valence electrons. The van der Waals surface area contributed by atoms with Crippen molar-refractivity contribution < 1.29 is 14.6 Å². The number of ether oxygens (including phenoxy) is 1. The molecule has 1 amide bonds. The number of nitrogens with one attached hydrogen (secondary N) is 1. The van der Waals surface area contributed by atoms with Gasteiger partial charge in [-0.3, -0.25) is 4.79 Å². The zero-order valence-corrected chi connectivity index (χ0v) is 11.5. The third kappa shape index (κ3) is 4.40. The molecule has 1 aromatic rings. The first-order valence-corrected chi connectivity index (χ1v) is 6.09. The Balaban J connectivity index is 2.92. The molecule has 2 N–H and O–H groups in total. The van der Waals surface area contributed by atoms with Crippen LogP contribution in [0.3, 0.4) is 0 Å². The van der Waals surface area contributed by atoms with E-state index in [1.807, 2.05) is 19.9 Å². The predicted octanol–water partition coefficient (Wildman–Crippen LogP) is 1.10. The van der Waals surface area contributed by atoms with Crippen molar-refractivity contribution in [3.63, 3.8) is 0 Å². The number of amides is 1. The van der Waals surface area contributed by atoms with Gasteiger partial charge in [0.15, 0.2) is 0 Å². The van der Waals surface area contributed by atoms with Crippen LogP contribution < -0.4 is 5.32 Å². The molecular weight excluding hydrogens is 242 g/mol. The summed E-state index contributed by atoms with van der Waals surface area (Å²) in [6, 6.07) is 5.32. The lowest BCUT2D eigenvalue weighted by atomic mass is 10.0. The van der Waals surface area contributed by atoms with Crippen molar-refractivity contribution in [2.45, 2.75) is 19.9 Å². The molecule has 4 nitrogen and oxygen atoms in total. The molecule has 1 rings (SSSR count). The molecule has 0 bridgehead atoms. The van der Waals surface area contributed by atoms with Crippen molar-refractivity contribution in [2.24, 2.45) is 0 Å². The van der Waals surface area contributed by atoms with Crippen LogP contribution in [-0.4, -0.2) is 37.4 Å². The zero-order chi connectivity index (χ0) is 14.3. The fourth-order valence-corrected chi connectivity index (χ4v) is 1.75. The molecule has 1 unspecified atom stereocenters. The number of rotatable bonds is 4. The second kappa shape index (κ2) is 7.57. The van der Waals surface area contributed by atoms with Gasteiger partial charge in [0.2, 0.25) is 0 Å². The molecule has 0 heterocycles. The van der Waals surface area contributed by atoms with Gasteiger partial charge in [-0.25, -0.2) is 0 Å². The summed E-state index contributed by atoms with van der Waals surface area (Å²) in [5.41, 5.74) is 2.15. The fraction of sp³-hybridized carbons (Fsp3) is 0.400. The van der Waals surface area contributed by atoms with Crippen molar-refractivity contribution in [2.75, 3.05) is 20.3 Å². The van der Waals surface area contributed by atoms with Crippen LogP contribution >= 0.6 is 0 Å². The Kier molecular flexibility index (Phi) is 6.07. The summed E-state index contributed by atoms with van der Waals surface area (Å²) in [7, 11) is 1.60.